The molecule has 0 aliphatic heterocycles. The second kappa shape index (κ2) is 10.1. The number of benzene rings is 1. The molecule has 1 amide bonds. The fourth-order valence-electron chi connectivity index (χ4n) is 2.13. The number of anilines is 1. The largest absolute Gasteiger partial charge is 0.300 e. The lowest BCUT2D eigenvalue weighted by atomic mass is 10.2. The van der Waals surface area contributed by atoms with Gasteiger partial charge in [-0.1, -0.05) is 53.1 Å². The summed E-state index contributed by atoms with van der Waals surface area (Å²) in [5.41, 5.74) is 0. The van der Waals surface area contributed by atoms with E-state index in [0.717, 1.165) is 30.7 Å². The van der Waals surface area contributed by atoms with E-state index in [1.165, 1.54) is 23.5 Å². The van der Waals surface area contributed by atoms with E-state index >= 15 is 0 Å². The van der Waals surface area contributed by atoms with E-state index in [4.69, 9.17) is 0 Å². The smallest absolute Gasteiger partial charge is 0.240 e. The van der Waals surface area contributed by atoms with Crippen LogP contribution in [0.15, 0.2) is 33.6 Å². The highest BCUT2D eigenvalue weighted by Gasteiger charge is 2.15. The van der Waals surface area contributed by atoms with Crippen molar-refractivity contribution in [3.05, 3.63) is 33.7 Å². The molecule has 2 N–H and O–H groups in total. The molecule has 0 saturated heterocycles. The summed E-state index contributed by atoms with van der Waals surface area (Å²) in [6.45, 7) is 2.14. The summed E-state index contributed by atoms with van der Waals surface area (Å²) < 4.78 is 27.4. The first-order valence-electron chi connectivity index (χ1n) is 8.28. The standard InChI is InChI=1S/C16H21BrN4O3S2/c1-2-3-4-8-15-20-21-16(25-15)19-14(22)9-10-18-26(23,24)13-7-5-6-12(17)11-13/h5-7,11,18H,2-4,8-10H2,1H3,(H,19,21,22). The average molecular weight is 461 g/mol. The number of amides is 1. The number of sulfonamides is 1. The number of aryl methyl sites for hydroxylation is 1. The van der Waals surface area contributed by atoms with Gasteiger partial charge in [0, 0.05) is 23.9 Å². The fraction of sp³-hybridized carbons (Fsp3) is 0.438. The number of aromatic nitrogens is 2. The van der Waals surface area contributed by atoms with Crippen molar-refractivity contribution in [3.8, 4) is 0 Å². The van der Waals surface area contributed by atoms with E-state index in [-0.39, 0.29) is 23.8 Å². The highest BCUT2D eigenvalue weighted by atomic mass is 79.9. The lowest BCUT2D eigenvalue weighted by Crippen LogP contribution is -2.27. The van der Waals surface area contributed by atoms with Gasteiger partial charge >= 0.3 is 0 Å². The van der Waals surface area contributed by atoms with Crippen LogP contribution in [0.3, 0.4) is 0 Å². The fourth-order valence-corrected chi connectivity index (χ4v) is 4.56. The lowest BCUT2D eigenvalue weighted by molar-refractivity contribution is -0.116. The van der Waals surface area contributed by atoms with Gasteiger partial charge in [-0.25, -0.2) is 13.1 Å². The molecule has 1 aromatic heterocycles. The van der Waals surface area contributed by atoms with Gasteiger partial charge in [0.15, 0.2) is 0 Å². The van der Waals surface area contributed by atoms with E-state index in [0.29, 0.717) is 9.60 Å². The highest BCUT2D eigenvalue weighted by Crippen LogP contribution is 2.18. The highest BCUT2D eigenvalue weighted by molar-refractivity contribution is 9.10. The first-order chi connectivity index (χ1) is 12.4. The van der Waals surface area contributed by atoms with Crippen molar-refractivity contribution < 1.29 is 13.2 Å². The lowest BCUT2D eigenvalue weighted by Gasteiger charge is -2.06. The summed E-state index contributed by atoms with van der Waals surface area (Å²) in [6.07, 6.45) is 4.19. The SMILES string of the molecule is CCCCCc1nnc(NC(=O)CCNS(=O)(=O)c2cccc(Br)c2)s1. The summed E-state index contributed by atoms with van der Waals surface area (Å²) in [5.74, 6) is -0.307. The minimum Gasteiger partial charge on any atom is -0.300 e. The summed E-state index contributed by atoms with van der Waals surface area (Å²) in [7, 11) is -3.65. The van der Waals surface area contributed by atoms with Crippen LogP contribution in [0.2, 0.25) is 0 Å². The number of nitrogens with zero attached hydrogens (tertiary/aromatic N) is 2. The Labute approximate surface area is 165 Å². The molecule has 0 unspecified atom stereocenters. The maximum absolute atomic E-state index is 12.2. The van der Waals surface area contributed by atoms with E-state index in [1.54, 1.807) is 12.1 Å². The molecule has 7 nitrogen and oxygen atoms in total. The third-order valence-corrected chi connectivity index (χ3v) is 6.31. The molecule has 142 valence electrons. The van der Waals surface area contributed by atoms with Gasteiger partial charge in [0.05, 0.1) is 4.90 Å². The van der Waals surface area contributed by atoms with Gasteiger partial charge in [0.25, 0.3) is 0 Å². The molecule has 0 radical (unpaired) electrons. The van der Waals surface area contributed by atoms with Crippen LogP contribution in [0.5, 0.6) is 0 Å². The number of carbonyl (C=O) groups is 1. The topological polar surface area (TPSA) is 101 Å². The summed E-state index contributed by atoms with van der Waals surface area (Å²) >= 11 is 4.59. The Balaban J connectivity index is 1.78. The van der Waals surface area contributed by atoms with E-state index in [9.17, 15) is 13.2 Å². The Bertz CT molecular complexity index is 840. The second-order valence-corrected chi connectivity index (χ2v) is 9.36. The molecule has 2 aromatic rings. The molecule has 0 aliphatic carbocycles. The third kappa shape index (κ3) is 6.75. The molecule has 0 saturated carbocycles. The summed E-state index contributed by atoms with van der Waals surface area (Å²) in [6, 6.07) is 6.38. The van der Waals surface area contributed by atoms with Gasteiger partial charge in [-0.2, -0.15) is 0 Å². The van der Waals surface area contributed by atoms with Gasteiger partial charge in [-0.15, -0.1) is 10.2 Å². The van der Waals surface area contributed by atoms with Crippen LogP contribution in [-0.2, 0) is 21.2 Å². The van der Waals surface area contributed by atoms with Crippen LogP contribution in [0.1, 0.15) is 37.6 Å². The number of carbonyl (C=O) groups excluding carboxylic acids is 1. The maximum Gasteiger partial charge on any atom is 0.240 e. The normalized spacial score (nSPS) is 11.5. The zero-order chi connectivity index (χ0) is 19.0. The molecule has 0 spiro atoms. The molecule has 0 atom stereocenters. The van der Waals surface area contributed by atoms with Crippen molar-refractivity contribution in [3.63, 3.8) is 0 Å². The van der Waals surface area contributed by atoms with Crippen molar-refractivity contribution in [1.29, 1.82) is 0 Å². The molecule has 1 aromatic carbocycles. The van der Waals surface area contributed by atoms with E-state index in [2.05, 4.69) is 43.1 Å². The zero-order valence-electron chi connectivity index (χ0n) is 14.4. The molecule has 1 heterocycles. The Kier molecular flexibility index (Phi) is 8.14. The van der Waals surface area contributed by atoms with Crippen LogP contribution in [0.4, 0.5) is 5.13 Å². The molecule has 0 aliphatic rings. The first-order valence-corrected chi connectivity index (χ1v) is 11.4. The Morgan fingerprint density at radius 1 is 1.27 bits per heavy atom. The Hall–Kier alpha value is -1.36. The van der Waals surface area contributed by atoms with E-state index in [1.807, 2.05) is 0 Å². The number of hydrogen-bond donors (Lipinski definition) is 2. The molecule has 10 heteroatoms. The molecular weight excluding hydrogens is 440 g/mol. The molecule has 0 bridgehead atoms. The maximum atomic E-state index is 12.2. The van der Waals surface area contributed by atoms with Crippen molar-refractivity contribution in [2.45, 2.75) is 43.9 Å². The second-order valence-electron chi connectivity index (χ2n) is 5.61. The predicted molar refractivity (Wildman–Crippen MR) is 106 cm³/mol. The van der Waals surface area contributed by atoms with Gasteiger partial charge in [0.1, 0.15) is 5.01 Å². The Morgan fingerprint density at radius 3 is 2.81 bits per heavy atom. The molecular formula is C16H21BrN4O3S2. The van der Waals surface area contributed by atoms with Crippen LogP contribution < -0.4 is 10.0 Å². The average Bonchev–Trinajstić information content (AvgIpc) is 3.02. The van der Waals surface area contributed by atoms with Gasteiger partial charge in [0.2, 0.25) is 21.1 Å². The summed E-state index contributed by atoms with van der Waals surface area (Å²) in [5, 5.41) is 12.0. The van der Waals surface area contributed by atoms with Crippen molar-refractivity contribution in [2.24, 2.45) is 0 Å². The van der Waals surface area contributed by atoms with Crippen LogP contribution in [0.25, 0.3) is 0 Å². The van der Waals surface area contributed by atoms with Crippen molar-refractivity contribution in [2.75, 3.05) is 11.9 Å². The van der Waals surface area contributed by atoms with E-state index < -0.39 is 10.0 Å². The third-order valence-electron chi connectivity index (χ3n) is 3.46. The number of halogens is 1. The van der Waals surface area contributed by atoms with Crippen LogP contribution in [-0.4, -0.2) is 31.1 Å². The first kappa shape index (κ1) is 20.9. The molecule has 2 rings (SSSR count). The molecule has 0 fully saturated rings. The Morgan fingerprint density at radius 2 is 2.08 bits per heavy atom. The predicted octanol–water partition coefficient (Wildman–Crippen LogP) is 3.34. The number of nitrogens with one attached hydrogen (secondary N) is 2. The minimum atomic E-state index is -3.65. The van der Waals surface area contributed by atoms with Gasteiger partial charge in [-0.3, -0.25) is 4.79 Å². The van der Waals surface area contributed by atoms with Gasteiger partial charge in [-0.05, 0) is 24.6 Å². The van der Waals surface area contributed by atoms with Crippen LogP contribution in [0, 0.1) is 0 Å². The minimum absolute atomic E-state index is 0.00282. The van der Waals surface area contributed by atoms with Crippen molar-refractivity contribution in [1.82, 2.24) is 14.9 Å². The molecule has 26 heavy (non-hydrogen) atoms. The van der Waals surface area contributed by atoms with Gasteiger partial charge < -0.3 is 5.32 Å². The summed E-state index contributed by atoms with van der Waals surface area (Å²) in [4.78, 5) is 12.1. The zero-order valence-corrected chi connectivity index (χ0v) is 17.6. The number of unbranched alkanes of at least 4 members (excludes halogenated alkanes) is 2. The number of hydrogen-bond acceptors (Lipinski definition) is 6. The quantitative estimate of drug-likeness (QED) is 0.529. The monoisotopic (exact) mass is 460 g/mol. The van der Waals surface area contributed by atoms with Crippen LogP contribution >= 0.6 is 27.3 Å². The number of rotatable bonds is 10. The van der Waals surface area contributed by atoms with Crippen molar-refractivity contribution >= 4 is 48.3 Å².